The summed E-state index contributed by atoms with van der Waals surface area (Å²) in [5.74, 6) is 2.40. The van der Waals surface area contributed by atoms with Crippen LogP contribution in [0.15, 0.2) is 24.3 Å². The predicted molar refractivity (Wildman–Crippen MR) is 84.6 cm³/mol. The molecule has 0 bridgehead atoms. The van der Waals surface area contributed by atoms with Crippen molar-refractivity contribution in [2.45, 2.75) is 46.1 Å². The minimum atomic E-state index is 0.592. The molecule has 2 unspecified atom stereocenters. The van der Waals surface area contributed by atoms with E-state index in [0.29, 0.717) is 12.0 Å². The van der Waals surface area contributed by atoms with Gasteiger partial charge in [-0.3, -0.25) is 0 Å². The summed E-state index contributed by atoms with van der Waals surface area (Å²) in [5, 5.41) is 3.61. The van der Waals surface area contributed by atoms with Gasteiger partial charge in [-0.2, -0.15) is 0 Å². The Balaban J connectivity index is 2.30. The number of hydrogen-bond donors (Lipinski definition) is 1. The third-order valence-electron chi connectivity index (χ3n) is 3.68. The Hall–Kier alpha value is -1.22. The summed E-state index contributed by atoms with van der Waals surface area (Å²) in [6, 6.07) is 8.36. The second-order valence-corrected chi connectivity index (χ2v) is 5.26. The molecule has 0 spiro atoms. The molecule has 0 aliphatic heterocycles. The molecule has 1 aromatic carbocycles. The summed E-state index contributed by atoms with van der Waals surface area (Å²) in [6.45, 7) is 8.61. The van der Waals surface area contributed by atoms with Crippen molar-refractivity contribution in [1.82, 2.24) is 5.32 Å². The molecule has 0 amide bonds. The van der Waals surface area contributed by atoms with Crippen molar-refractivity contribution >= 4 is 0 Å². The fourth-order valence-corrected chi connectivity index (χ4v) is 2.31. The van der Waals surface area contributed by atoms with Crippen molar-refractivity contribution in [1.29, 1.82) is 0 Å². The fraction of sp³-hybridized carbons (Fsp3) is 0.647. The van der Waals surface area contributed by atoms with Gasteiger partial charge in [-0.05, 0) is 56.0 Å². The van der Waals surface area contributed by atoms with Crippen LogP contribution in [0.4, 0.5) is 0 Å². The Bertz CT molecular complexity index is 351. The number of ether oxygens (including phenoxy) is 2. The van der Waals surface area contributed by atoms with E-state index in [-0.39, 0.29) is 0 Å². The van der Waals surface area contributed by atoms with Crippen molar-refractivity contribution < 1.29 is 9.47 Å². The lowest BCUT2D eigenvalue weighted by molar-refractivity contribution is 0.253. The zero-order valence-electron chi connectivity index (χ0n) is 13.3. The summed E-state index contributed by atoms with van der Waals surface area (Å²) >= 11 is 0. The average molecular weight is 279 g/mol. The Morgan fingerprint density at radius 2 is 1.75 bits per heavy atom. The molecule has 1 N–H and O–H groups in total. The predicted octanol–water partition coefficient (Wildman–Crippen LogP) is 3.88. The quantitative estimate of drug-likeness (QED) is 0.705. The number of methoxy groups -OCH3 is 1. The summed E-state index contributed by atoms with van der Waals surface area (Å²) in [7, 11) is 1.67. The molecule has 0 heterocycles. The lowest BCUT2D eigenvalue weighted by Crippen LogP contribution is -2.35. The fourth-order valence-electron chi connectivity index (χ4n) is 2.31. The molecule has 0 aliphatic carbocycles. The molecule has 0 fully saturated rings. The molecular formula is C17H29NO2. The molecule has 3 heteroatoms. The standard InChI is InChI=1S/C17H29NO2/c1-5-12-18-17(6-2)14(3)11-13-20-16-9-7-15(19-4)8-10-16/h7-10,14,17-18H,5-6,11-13H2,1-4H3. The first-order chi connectivity index (χ1) is 9.71. The van der Waals surface area contributed by atoms with E-state index in [1.165, 1.54) is 12.8 Å². The van der Waals surface area contributed by atoms with Crippen molar-refractivity contribution in [2.24, 2.45) is 5.92 Å². The third-order valence-corrected chi connectivity index (χ3v) is 3.68. The first-order valence-corrected chi connectivity index (χ1v) is 7.71. The Labute approximate surface area is 123 Å². The zero-order chi connectivity index (χ0) is 14.8. The van der Waals surface area contributed by atoms with Crippen LogP contribution in [0.25, 0.3) is 0 Å². The van der Waals surface area contributed by atoms with Gasteiger partial charge in [-0.1, -0.05) is 20.8 Å². The first-order valence-electron chi connectivity index (χ1n) is 7.71. The van der Waals surface area contributed by atoms with Gasteiger partial charge in [0.15, 0.2) is 0 Å². The van der Waals surface area contributed by atoms with Crippen LogP contribution in [0.2, 0.25) is 0 Å². The number of nitrogens with one attached hydrogen (secondary N) is 1. The van der Waals surface area contributed by atoms with Crippen LogP contribution in [0.3, 0.4) is 0 Å². The maximum Gasteiger partial charge on any atom is 0.119 e. The molecule has 1 rings (SSSR count). The summed E-state index contributed by atoms with van der Waals surface area (Å²) < 4.78 is 10.9. The maximum atomic E-state index is 5.79. The average Bonchev–Trinajstić information content (AvgIpc) is 2.48. The summed E-state index contributed by atoms with van der Waals surface area (Å²) in [4.78, 5) is 0. The summed E-state index contributed by atoms with van der Waals surface area (Å²) in [5.41, 5.74) is 0. The molecule has 114 valence electrons. The van der Waals surface area contributed by atoms with Crippen molar-refractivity contribution in [3.8, 4) is 11.5 Å². The van der Waals surface area contributed by atoms with Gasteiger partial charge in [-0.15, -0.1) is 0 Å². The number of rotatable bonds is 10. The molecule has 0 saturated heterocycles. The van der Waals surface area contributed by atoms with Gasteiger partial charge in [0.05, 0.1) is 13.7 Å². The molecule has 0 saturated carbocycles. The van der Waals surface area contributed by atoms with Crippen LogP contribution < -0.4 is 14.8 Å². The second kappa shape index (κ2) is 9.65. The van der Waals surface area contributed by atoms with E-state index in [4.69, 9.17) is 9.47 Å². The van der Waals surface area contributed by atoms with E-state index in [1.54, 1.807) is 7.11 Å². The number of hydrogen-bond acceptors (Lipinski definition) is 3. The van der Waals surface area contributed by atoms with E-state index in [1.807, 2.05) is 24.3 Å². The van der Waals surface area contributed by atoms with Crippen LogP contribution in [0.1, 0.15) is 40.0 Å². The van der Waals surface area contributed by atoms with E-state index < -0.39 is 0 Å². The van der Waals surface area contributed by atoms with Gasteiger partial charge in [0, 0.05) is 6.04 Å². The van der Waals surface area contributed by atoms with Crippen LogP contribution >= 0.6 is 0 Å². The Morgan fingerprint density at radius 3 is 2.30 bits per heavy atom. The van der Waals surface area contributed by atoms with Crippen molar-refractivity contribution in [3.63, 3.8) is 0 Å². The highest BCUT2D eigenvalue weighted by molar-refractivity contribution is 5.31. The monoisotopic (exact) mass is 279 g/mol. The smallest absolute Gasteiger partial charge is 0.119 e. The van der Waals surface area contributed by atoms with E-state index in [0.717, 1.165) is 31.1 Å². The minimum Gasteiger partial charge on any atom is -0.497 e. The van der Waals surface area contributed by atoms with Gasteiger partial charge >= 0.3 is 0 Å². The SMILES string of the molecule is CCCNC(CC)C(C)CCOc1ccc(OC)cc1. The topological polar surface area (TPSA) is 30.5 Å². The molecular weight excluding hydrogens is 250 g/mol. The Morgan fingerprint density at radius 1 is 1.10 bits per heavy atom. The van der Waals surface area contributed by atoms with Crippen LogP contribution in [-0.2, 0) is 0 Å². The van der Waals surface area contributed by atoms with Crippen molar-refractivity contribution in [2.75, 3.05) is 20.3 Å². The Kier molecular flexibility index (Phi) is 8.12. The van der Waals surface area contributed by atoms with Gasteiger partial charge < -0.3 is 14.8 Å². The number of benzene rings is 1. The third kappa shape index (κ3) is 5.83. The largest absolute Gasteiger partial charge is 0.497 e. The first kappa shape index (κ1) is 16.8. The molecule has 0 aliphatic rings. The van der Waals surface area contributed by atoms with Gasteiger partial charge in [0.25, 0.3) is 0 Å². The van der Waals surface area contributed by atoms with Gasteiger partial charge in [0.2, 0.25) is 0 Å². The normalized spacial score (nSPS) is 13.8. The van der Waals surface area contributed by atoms with Crippen LogP contribution in [0, 0.1) is 5.92 Å². The molecule has 0 aromatic heterocycles. The highest BCUT2D eigenvalue weighted by Gasteiger charge is 2.14. The van der Waals surface area contributed by atoms with Gasteiger partial charge in [0.1, 0.15) is 11.5 Å². The summed E-state index contributed by atoms with van der Waals surface area (Å²) in [6.07, 6.45) is 3.43. The lowest BCUT2D eigenvalue weighted by Gasteiger charge is -2.24. The van der Waals surface area contributed by atoms with E-state index in [2.05, 4.69) is 26.1 Å². The molecule has 3 nitrogen and oxygen atoms in total. The van der Waals surface area contributed by atoms with Crippen molar-refractivity contribution in [3.05, 3.63) is 24.3 Å². The molecule has 0 radical (unpaired) electrons. The lowest BCUT2D eigenvalue weighted by atomic mass is 9.96. The van der Waals surface area contributed by atoms with Gasteiger partial charge in [-0.25, -0.2) is 0 Å². The second-order valence-electron chi connectivity index (χ2n) is 5.26. The zero-order valence-corrected chi connectivity index (χ0v) is 13.3. The molecule has 2 atom stereocenters. The maximum absolute atomic E-state index is 5.79. The minimum absolute atomic E-state index is 0.592. The van der Waals surface area contributed by atoms with Crippen LogP contribution in [0.5, 0.6) is 11.5 Å². The highest BCUT2D eigenvalue weighted by Crippen LogP contribution is 2.18. The molecule has 1 aromatic rings. The molecule has 20 heavy (non-hydrogen) atoms. The highest BCUT2D eigenvalue weighted by atomic mass is 16.5. The van der Waals surface area contributed by atoms with E-state index >= 15 is 0 Å². The van der Waals surface area contributed by atoms with Crippen LogP contribution in [-0.4, -0.2) is 26.3 Å². The van der Waals surface area contributed by atoms with E-state index in [9.17, 15) is 0 Å².